The number of hydrogen-bond acceptors (Lipinski definition) is 13. The van der Waals surface area contributed by atoms with Crippen molar-refractivity contribution < 1.29 is 53.1 Å². The molecule has 12 fully saturated rings. The molecule has 7 aliphatic heterocycles. The molecule has 13 nitrogen and oxygen atoms in total. The summed E-state index contributed by atoms with van der Waals surface area (Å²) in [7, 11) is 0. The number of aliphatic hydroxyl groups excluding tert-OH is 3. The number of esters is 2. The fraction of sp³-hybridized carbons (Fsp3) is 0.800. The minimum atomic E-state index is -1.43. The third-order valence-corrected chi connectivity index (χ3v) is 23.7. The number of ketones is 1. The van der Waals surface area contributed by atoms with Gasteiger partial charge < -0.3 is 43.6 Å². The molecule has 4 spiro atoms. The molecule has 1 aromatic rings. The van der Waals surface area contributed by atoms with Gasteiger partial charge in [-0.1, -0.05) is 44.8 Å². The molecule has 4 N–H and O–H groups in total. The van der Waals surface area contributed by atoms with Gasteiger partial charge in [-0.15, -0.1) is 0 Å². The van der Waals surface area contributed by atoms with E-state index in [4.69, 9.17) is 23.4 Å². The minimum absolute atomic E-state index is 0.0644. The number of nitrogens with one attached hydrogen (secondary N) is 1. The van der Waals surface area contributed by atoms with Gasteiger partial charge in [0.05, 0.1) is 48.5 Å². The Bertz CT molecular complexity index is 2450. The number of ether oxygens (including phenoxy) is 4. The normalized spacial score (nSPS) is 54.0. The van der Waals surface area contributed by atoms with Gasteiger partial charge in [0.2, 0.25) is 0 Å². The van der Waals surface area contributed by atoms with Crippen LogP contribution in [0.4, 0.5) is 0 Å². The Morgan fingerprint density at radius 1 is 0.971 bits per heavy atom. The van der Waals surface area contributed by atoms with E-state index in [-0.39, 0.29) is 60.5 Å². The van der Waals surface area contributed by atoms with Crippen LogP contribution in [0.2, 0.25) is 0 Å². The summed E-state index contributed by atoms with van der Waals surface area (Å²) >= 11 is 0. The zero-order chi connectivity index (χ0) is 46.1. The van der Waals surface area contributed by atoms with E-state index < -0.39 is 80.7 Å². The zero-order valence-corrected chi connectivity index (χ0v) is 39.7. The number of Topliss-reactive ketones (excluding diaryl/α,β-unsaturated/α-hetero) is 1. The summed E-state index contributed by atoms with van der Waals surface area (Å²) in [6, 6.07) is 2.41. The molecule has 14 aliphatic rings. The number of rotatable bonds is 7. The fourth-order valence-electron chi connectivity index (χ4n) is 22.0. The molecule has 366 valence electrons. The molecule has 7 aliphatic carbocycles. The molecular weight excluding hydrogens is 865 g/mol. The van der Waals surface area contributed by atoms with Gasteiger partial charge in [-0.3, -0.25) is 14.9 Å². The van der Waals surface area contributed by atoms with Crippen molar-refractivity contribution in [3.8, 4) is 0 Å². The molecule has 0 radical (unpaired) electrons. The van der Waals surface area contributed by atoms with Gasteiger partial charge in [-0.2, -0.15) is 0 Å². The number of epoxide rings is 1. The SMILES string of the molecule is CC12CC=C3CC4CCCC45CC4CC6(C)C(c7ccoc7CC(C(O)CO)C7CCC8C(C=CN9CNCC89)C7)OC(=O)C7OC76C6(C7CCCCC7)C(O)C(=O)C1C1(COC(=O)C5C31O2)C46. The van der Waals surface area contributed by atoms with Crippen LogP contribution in [0, 0.1) is 80.8 Å². The van der Waals surface area contributed by atoms with Crippen molar-refractivity contribution in [2.24, 2.45) is 80.8 Å². The van der Waals surface area contributed by atoms with Crippen molar-refractivity contribution in [1.82, 2.24) is 10.2 Å². The Morgan fingerprint density at radius 2 is 1.81 bits per heavy atom. The van der Waals surface area contributed by atoms with Crippen molar-refractivity contribution in [1.29, 1.82) is 0 Å². The molecule has 0 amide bonds. The standard InChI is InChI=1S/C55H70N2O11/c1-49-22-30-23-51-15-6-9-32(51)20-33-12-16-50(2)42-40(60)44(61)53(31-7-4-3-5-8-31,41(30)52(42)26-65-47(62)43(51)54(33,52)68-50)55(49)46(67-55)48(63)66-45(49)35-14-18-64-39(35)21-36(38(59)25-58)28-10-11-34-29(19-28)13-17-57-27-56-24-37(34)57/h12-14,17-18,28-32,34,36-38,41-46,56,58-59,61H,3-11,15-16,19-27H2,1-2H3. The number of cyclic esters (lactones) is 2. The van der Waals surface area contributed by atoms with Crippen LogP contribution in [-0.2, 0) is 39.8 Å². The molecule has 5 saturated heterocycles. The Hall–Kier alpha value is -3.07. The summed E-state index contributed by atoms with van der Waals surface area (Å²) in [4.78, 5) is 48.7. The summed E-state index contributed by atoms with van der Waals surface area (Å²) in [6.07, 6.45) is 17.9. The average Bonchev–Trinajstić information content (AvgIpc) is 3.65. The van der Waals surface area contributed by atoms with E-state index in [0.717, 1.165) is 102 Å². The van der Waals surface area contributed by atoms with Gasteiger partial charge in [0.25, 0.3) is 0 Å². The maximum absolute atomic E-state index is 16.2. The molecule has 5 bridgehead atoms. The first-order valence-corrected chi connectivity index (χ1v) is 27.0. The van der Waals surface area contributed by atoms with Crippen molar-refractivity contribution in [2.45, 2.75) is 164 Å². The lowest BCUT2D eigenvalue weighted by Gasteiger charge is -2.72. The number of furan rings is 1. The molecule has 21 unspecified atom stereocenters. The van der Waals surface area contributed by atoms with Gasteiger partial charge in [0.15, 0.2) is 11.9 Å². The molecule has 1 aromatic heterocycles. The number of fused-ring (bicyclic) bond motifs is 5. The highest BCUT2D eigenvalue weighted by molar-refractivity contribution is 5.94. The van der Waals surface area contributed by atoms with Crippen LogP contribution in [0.5, 0.6) is 0 Å². The molecule has 21 atom stereocenters. The van der Waals surface area contributed by atoms with Crippen LogP contribution in [0.3, 0.4) is 0 Å². The van der Waals surface area contributed by atoms with Crippen molar-refractivity contribution in [3.05, 3.63) is 47.6 Å². The average molecular weight is 935 g/mol. The lowest BCUT2D eigenvalue weighted by atomic mass is 9.30. The van der Waals surface area contributed by atoms with E-state index in [2.05, 4.69) is 42.4 Å². The monoisotopic (exact) mass is 934 g/mol. The van der Waals surface area contributed by atoms with Gasteiger partial charge >= 0.3 is 11.9 Å². The Morgan fingerprint density at radius 3 is 2.65 bits per heavy atom. The Labute approximate surface area is 398 Å². The maximum Gasteiger partial charge on any atom is 0.339 e. The Kier molecular flexibility index (Phi) is 8.58. The predicted molar refractivity (Wildman–Crippen MR) is 241 cm³/mol. The zero-order valence-electron chi connectivity index (χ0n) is 39.7. The van der Waals surface area contributed by atoms with Crippen LogP contribution in [0.1, 0.15) is 128 Å². The predicted octanol–water partition coefficient (Wildman–Crippen LogP) is 5.70. The van der Waals surface area contributed by atoms with Crippen LogP contribution < -0.4 is 5.32 Å². The van der Waals surface area contributed by atoms with E-state index in [1.165, 1.54) is 5.57 Å². The van der Waals surface area contributed by atoms with Gasteiger partial charge in [-0.25, -0.2) is 4.79 Å². The summed E-state index contributed by atoms with van der Waals surface area (Å²) in [6.45, 7) is 5.85. The highest BCUT2D eigenvalue weighted by Gasteiger charge is 2.98. The number of carbonyl (C=O) groups excluding carboxylic acids is 3. The second-order valence-corrected chi connectivity index (χ2v) is 25.7. The summed E-state index contributed by atoms with van der Waals surface area (Å²) in [5.41, 5.74) is -4.82. The van der Waals surface area contributed by atoms with Crippen molar-refractivity contribution >= 4 is 17.7 Å². The quantitative estimate of drug-likeness (QED) is 0.149. The molecule has 0 aromatic carbocycles. The first-order chi connectivity index (χ1) is 32.8. The van der Waals surface area contributed by atoms with E-state index in [0.29, 0.717) is 42.9 Å². The second kappa shape index (κ2) is 13.7. The van der Waals surface area contributed by atoms with Crippen LogP contribution >= 0.6 is 0 Å². The lowest BCUT2D eigenvalue weighted by Crippen LogP contribution is -2.82. The van der Waals surface area contributed by atoms with E-state index >= 15 is 14.4 Å². The lowest BCUT2D eigenvalue weighted by molar-refractivity contribution is -0.299. The minimum Gasteiger partial charge on any atom is -0.469 e. The summed E-state index contributed by atoms with van der Waals surface area (Å²) in [5, 5.41) is 39.7. The first-order valence-electron chi connectivity index (χ1n) is 27.0. The highest BCUT2D eigenvalue weighted by Crippen LogP contribution is 2.89. The van der Waals surface area contributed by atoms with E-state index in [1.54, 1.807) is 6.26 Å². The van der Waals surface area contributed by atoms with E-state index in [1.807, 2.05) is 6.07 Å². The maximum atomic E-state index is 16.2. The first kappa shape index (κ1) is 42.6. The van der Waals surface area contributed by atoms with Gasteiger partial charge in [0, 0.05) is 35.4 Å². The third kappa shape index (κ3) is 4.57. The molecule has 15 rings (SSSR count). The van der Waals surface area contributed by atoms with Gasteiger partial charge in [-0.05, 0) is 148 Å². The smallest absolute Gasteiger partial charge is 0.339 e. The second-order valence-electron chi connectivity index (χ2n) is 25.7. The summed E-state index contributed by atoms with van der Waals surface area (Å²) < 4.78 is 35.0. The largest absolute Gasteiger partial charge is 0.469 e. The number of allylic oxidation sites excluding steroid dienone is 1. The van der Waals surface area contributed by atoms with Crippen LogP contribution in [-0.4, -0.2) is 106 Å². The van der Waals surface area contributed by atoms with Crippen LogP contribution in [0.25, 0.3) is 0 Å². The molecular formula is C55H70N2O11. The third-order valence-electron chi connectivity index (χ3n) is 23.7. The highest BCUT2D eigenvalue weighted by atomic mass is 16.7. The number of hydrogen-bond donors (Lipinski definition) is 4. The molecule has 7 saturated carbocycles. The van der Waals surface area contributed by atoms with Crippen LogP contribution in [0.15, 0.2) is 40.7 Å². The summed E-state index contributed by atoms with van der Waals surface area (Å²) in [5.74, 6) is -1.03. The molecule has 8 heterocycles. The van der Waals surface area contributed by atoms with Gasteiger partial charge in [0.1, 0.15) is 35.8 Å². The van der Waals surface area contributed by atoms with Crippen molar-refractivity contribution in [3.63, 3.8) is 0 Å². The van der Waals surface area contributed by atoms with E-state index in [9.17, 15) is 15.3 Å². The fourth-order valence-corrected chi connectivity index (χ4v) is 22.0. The Balaban J connectivity index is 0.897. The number of nitrogens with zero attached hydrogens (tertiary/aromatic N) is 1. The topological polar surface area (TPSA) is 181 Å². The number of aliphatic hydroxyl groups is 3. The van der Waals surface area contributed by atoms with Crippen molar-refractivity contribution in [2.75, 3.05) is 26.4 Å². The molecule has 13 heteroatoms. The number of carbonyl (C=O) groups is 3. The molecule has 68 heavy (non-hydrogen) atoms.